The maximum absolute atomic E-state index is 12.6. The van der Waals surface area contributed by atoms with Crippen molar-refractivity contribution in [2.45, 2.75) is 437 Å². The van der Waals surface area contributed by atoms with E-state index in [-0.39, 0.29) is 18.5 Å². The van der Waals surface area contributed by atoms with Gasteiger partial charge in [0.25, 0.3) is 0 Å². The Morgan fingerprint density at radius 1 is 0.338 bits per heavy atom. The maximum Gasteiger partial charge on any atom is 0.305 e. The van der Waals surface area contributed by atoms with Gasteiger partial charge in [-0.15, -0.1) is 0 Å². The zero-order valence-electron chi connectivity index (χ0n) is 54.6. The van der Waals surface area contributed by atoms with E-state index in [1.807, 2.05) is 0 Å². The highest BCUT2D eigenvalue weighted by molar-refractivity contribution is 5.76. The summed E-state index contributed by atoms with van der Waals surface area (Å²) in [6.45, 7) is 5.00. The van der Waals surface area contributed by atoms with Gasteiger partial charge in [-0.1, -0.05) is 373 Å². The summed E-state index contributed by atoms with van der Waals surface area (Å²) < 4.78 is 5.48. The average molecular weight is 1130 g/mol. The SMILES string of the molecule is CCCCCCCCCCCCCCCCCCCCCCCCCCC(O)C(CO)NC(=O)CCCCCCCCCCCCC/C=C\CCCCCCCCCCCCCCOC(=O)CCCCCCCCCCCCCC. The first-order valence-corrected chi connectivity index (χ1v) is 36.9. The number of rotatable bonds is 70. The lowest BCUT2D eigenvalue weighted by molar-refractivity contribution is -0.143. The molecule has 80 heavy (non-hydrogen) atoms. The minimum absolute atomic E-state index is 0.0170. The number of hydrogen-bond donors (Lipinski definition) is 3. The molecule has 0 radical (unpaired) electrons. The van der Waals surface area contributed by atoms with Gasteiger partial charge in [-0.25, -0.2) is 0 Å². The predicted octanol–water partition coefficient (Wildman–Crippen LogP) is 23.9. The Bertz CT molecular complexity index is 1210. The number of nitrogens with one attached hydrogen (secondary N) is 1. The molecule has 2 atom stereocenters. The van der Waals surface area contributed by atoms with Gasteiger partial charge in [0, 0.05) is 12.8 Å². The van der Waals surface area contributed by atoms with Crippen LogP contribution >= 0.6 is 0 Å². The smallest absolute Gasteiger partial charge is 0.305 e. The Morgan fingerprint density at radius 3 is 0.887 bits per heavy atom. The van der Waals surface area contributed by atoms with Crippen molar-refractivity contribution < 1.29 is 24.5 Å². The second-order valence-corrected chi connectivity index (χ2v) is 25.6. The molecule has 0 aliphatic rings. The number of hydrogen-bond acceptors (Lipinski definition) is 5. The number of unbranched alkanes of at least 4 members (excludes halogenated alkanes) is 57. The van der Waals surface area contributed by atoms with Crippen molar-refractivity contribution in [3.8, 4) is 0 Å². The zero-order valence-corrected chi connectivity index (χ0v) is 54.6. The Labute approximate surface area is 501 Å². The minimum Gasteiger partial charge on any atom is -0.466 e. The fourth-order valence-corrected chi connectivity index (χ4v) is 11.9. The van der Waals surface area contributed by atoms with Gasteiger partial charge >= 0.3 is 5.97 Å². The summed E-state index contributed by atoms with van der Waals surface area (Å²) in [5, 5.41) is 23.5. The highest BCUT2D eigenvalue weighted by Crippen LogP contribution is 2.20. The van der Waals surface area contributed by atoms with Crippen molar-refractivity contribution in [2.75, 3.05) is 13.2 Å². The first-order chi connectivity index (χ1) is 39.5. The van der Waals surface area contributed by atoms with E-state index in [2.05, 4.69) is 31.3 Å². The minimum atomic E-state index is -0.666. The van der Waals surface area contributed by atoms with Crippen LogP contribution in [0.3, 0.4) is 0 Å². The Balaban J connectivity index is 3.38. The Kier molecular flexibility index (Phi) is 68.9. The van der Waals surface area contributed by atoms with Crippen molar-refractivity contribution in [1.29, 1.82) is 0 Å². The van der Waals surface area contributed by atoms with Crippen molar-refractivity contribution >= 4 is 11.9 Å². The Morgan fingerprint density at radius 2 is 0.588 bits per heavy atom. The lowest BCUT2D eigenvalue weighted by atomic mass is 10.0. The van der Waals surface area contributed by atoms with Crippen LogP contribution in [0.2, 0.25) is 0 Å². The number of amides is 1. The molecular weight excluding hydrogens is 983 g/mol. The molecule has 0 aliphatic heterocycles. The normalized spacial score (nSPS) is 12.5. The molecule has 0 rings (SSSR count). The number of allylic oxidation sites excluding steroid dienone is 2. The molecule has 0 saturated carbocycles. The molecule has 2 unspecified atom stereocenters. The summed E-state index contributed by atoms with van der Waals surface area (Å²) in [5.74, 6) is -0.0132. The molecule has 0 bridgehead atoms. The molecule has 6 heteroatoms. The summed E-state index contributed by atoms with van der Waals surface area (Å²) >= 11 is 0. The number of carbonyl (C=O) groups is 2. The third-order valence-corrected chi connectivity index (χ3v) is 17.6. The van der Waals surface area contributed by atoms with E-state index >= 15 is 0 Å². The standard InChI is InChI=1S/C74H145NO5/c1-3-5-7-9-11-13-15-17-18-19-20-21-22-28-31-34-37-40-43-46-50-54-58-62-66-72(77)71(70-76)75-73(78)67-63-59-55-51-47-44-41-38-35-32-29-26-24-23-25-27-30-33-36-39-42-45-49-53-57-61-65-69-80-74(79)68-64-60-56-52-48-16-14-12-10-8-6-4-2/h23-24,71-72,76-77H,3-22,25-70H2,1-2H3,(H,75,78)/b24-23-. The van der Waals surface area contributed by atoms with E-state index in [1.165, 1.54) is 353 Å². The van der Waals surface area contributed by atoms with Crippen LogP contribution in [0.15, 0.2) is 12.2 Å². The van der Waals surface area contributed by atoms with E-state index in [4.69, 9.17) is 4.74 Å². The molecular formula is C74H145NO5. The van der Waals surface area contributed by atoms with Crippen LogP contribution in [0.5, 0.6) is 0 Å². The van der Waals surface area contributed by atoms with Gasteiger partial charge in [0.2, 0.25) is 5.91 Å². The molecule has 0 spiro atoms. The zero-order chi connectivity index (χ0) is 57.8. The number of carbonyl (C=O) groups excluding carboxylic acids is 2. The van der Waals surface area contributed by atoms with Gasteiger partial charge < -0.3 is 20.3 Å². The van der Waals surface area contributed by atoms with Gasteiger partial charge in [-0.3, -0.25) is 9.59 Å². The third-order valence-electron chi connectivity index (χ3n) is 17.6. The van der Waals surface area contributed by atoms with Gasteiger partial charge in [0.1, 0.15) is 0 Å². The van der Waals surface area contributed by atoms with Gasteiger partial charge in [0.05, 0.1) is 25.4 Å². The Hall–Kier alpha value is -1.40. The summed E-state index contributed by atoms with van der Waals surface area (Å²) in [6, 6.07) is -0.543. The third kappa shape index (κ3) is 65.7. The highest BCUT2D eigenvalue weighted by atomic mass is 16.5. The lowest BCUT2D eigenvalue weighted by Crippen LogP contribution is -2.45. The highest BCUT2D eigenvalue weighted by Gasteiger charge is 2.20. The first-order valence-electron chi connectivity index (χ1n) is 36.9. The van der Waals surface area contributed by atoms with E-state index in [0.717, 1.165) is 38.5 Å². The molecule has 476 valence electrons. The molecule has 6 nitrogen and oxygen atoms in total. The van der Waals surface area contributed by atoms with Crippen LogP contribution in [-0.2, 0) is 14.3 Å². The molecule has 0 heterocycles. The topological polar surface area (TPSA) is 95.9 Å². The van der Waals surface area contributed by atoms with Crippen LogP contribution in [0.25, 0.3) is 0 Å². The quantitative estimate of drug-likeness (QED) is 0.0320. The molecule has 1 amide bonds. The number of ether oxygens (including phenoxy) is 1. The van der Waals surface area contributed by atoms with Crippen molar-refractivity contribution in [1.82, 2.24) is 5.32 Å². The van der Waals surface area contributed by atoms with E-state index < -0.39 is 12.1 Å². The van der Waals surface area contributed by atoms with E-state index in [9.17, 15) is 19.8 Å². The number of aliphatic hydroxyl groups is 2. The van der Waals surface area contributed by atoms with Crippen LogP contribution < -0.4 is 5.32 Å². The molecule has 0 fully saturated rings. The first kappa shape index (κ1) is 78.6. The maximum atomic E-state index is 12.6. The fraction of sp³-hybridized carbons (Fsp3) is 0.946. The largest absolute Gasteiger partial charge is 0.466 e. The fourth-order valence-electron chi connectivity index (χ4n) is 11.9. The van der Waals surface area contributed by atoms with Crippen LogP contribution in [0.4, 0.5) is 0 Å². The summed E-state index contributed by atoms with van der Waals surface area (Å²) in [6.07, 6.45) is 87.0. The van der Waals surface area contributed by atoms with Gasteiger partial charge in [-0.05, 0) is 51.4 Å². The lowest BCUT2D eigenvalue weighted by Gasteiger charge is -2.22. The molecule has 0 aliphatic carbocycles. The van der Waals surface area contributed by atoms with Crippen LogP contribution in [0, 0.1) is 0 Å². The number of esters is 1. The molecule has 0 saturated heterocycles. The van der Waals surface area contributed by atoms with E-state index in [0.29, 0.717) is 25.9 Å². The summed E-state index contributed by atoms with van der Waals surface area (Å²) in [4.78, 5) is 24.6. The average Bonchev–Trinajstić information content (AvgIpc) is 3.46. The van der Waals surface area contributed by atoms with Gasteiger partial charge in [0.15, 0.2) is 0 Å². The van der Waals surface area contributed by atoms with Gasteiger partial charge in [-0.2, -0.15) is 0 Å². The van der Waals surface area contributed by atoms with Crippen LogP contribution in [-0.4, -0.2) is 47.4 Å². The predicted molar refractivity (Wildman–Crippen MR) is 352 cm³/mol. The summed E-state index contributed by atoms with van der Waals surface area (Å²) in [7, 11) is 0. The molecule has 0 aromatic heterocycles. The number of aliphatic hydroxyl groups excluding tert-OH is 2. The second kappa shape index (κ2) is 70.1. The second-order valence-electron chi connectivity index (χ2n) is 25.6. The van der Waals surface area contributed by atoms with E-state index in [1.54, 1.807) is 0 Å². The van der Waals surface area contributed by atoms with Crippen LogP contribution in [0.1, 0.15) is 425 Å². The van der Waals surface area contributed by atoms with Crippen molar-refractivity contribution in [3.63, 3.8) is 0 Å². The molecule has 0 aromatic carbocycles. The summed E-state index contributed by atoms with van der Waals surface area (Å²) in [5.41, 5.74) is 0. The molecule has 0 aromatic rings. The van der Waals surface area contributed by atoms with Crippen molar-refractivity contribution in [2.24, 2.45) is 0 Å². The molecule has 3 N–H and O–H groups in total. The monoisotopic (exact) mass is 1130 g/mol. The van der Waals surface area contributed by atoms with Crippen molar-refractivity contribution in [3.05, 3.63) is 12.2 Å².